The number of ether oxygens (including phenoxy) is 1. The van der Waals surface area contributed by atoms with Gasteiger partial charge in [-0.3, -0.25) is 0 Å². The number of carbonyl (C=O) groups is 1. The molecule has 15 heavy (non-hydrogen) atoms. The molecule has 0 radical (unpaired) electrons. The van der Waals surface area contributed by atoms with Crippen molar-refractivity contribution in [3.63, 3.8) is 0 Å². The first-order valence-corrected chi connectivity index (χ1v) is 6.15. The lowest BCUT2D eigenvalue weighted by atomic mass is 10.2. The summed E-state index contributed by atoms with van der Waals surface area (Å²) < 4.78 is 4.91. The molecule has 90 valence electrons. The number of hydrogen-bond donors (Lipinski definition) is 1. The second-order valence-corrected chi connectivity index (χ2v) is 3.86. The van der Waals surface area contributed by atoms with Gasteiger partial charge in [-0.15, -0.1) is 0 Å². The van der Waals surface area contributed by atoms with Crippen molar-refractivity contribution in [1.82, 2.24) is 5.32 Å². The Morgan fingerprint density at radius 1 is 1.47 bits per heavy atom. The van der Waals surface area contributed by atoms with Gasteiger partial charge in [0.2, 0.25) is 0 Å². The summed E-state index contributed by atoms with van der Waals surface area (Å²) in [5, 5.41) is 2.82. The summed E-state index contributed by atoms with van der Waals surface area (Å²) in [6, 6.07) is 0.261. The highest BCUT2D eigenvalue weighted by atomic mass is 16.5. The quantitative estimate of drug-likeness (QED) is 0.764. The van der Waals surface area contributed by atoms with Crippen molar-refractivity contribution in [3.8, 4) is 0 Å². The summed E-state index contributed by atoms with van der Waals surface area (Å²) in [4.78, 5) is 11.1. The highest BCUT2D eigenvalue weighted by molar-refractivity contribution is 5.67. The SMILES string of the molecule is CC.CCCOC(=O)NC(C)CC1CC1. The molecule has 1 rings (SSSR count). The van der Waals surface area contributed by atoms with Gasteiger partial charge in [-0.05, 0) is 25.7 Å². The van der Waals surface area contributed by atoms with Crippen LogP contribution >= 0.6 is 0 Å². The van der Waals surface area contributed by atoms with Gasteiger partial charge in [0.25, 0.3) is 0 Å². The third kappa shape index (κ3) is 8.28. The van der Waals surface area contributed by atoms with E-state index in [-0.39, 0.29) is 12.1 Å². The topological polar surface area (TPSA) is 38.3 Å². The number of rotatable bonds is 5. The molecule has 1 aliphatic rings. The molecule has 3 nitrogen and oxygen atoms in total. The van der Waals surface area contributed by atoms with Gasteiger partial charge in [-0.25, -0.2) is 4.79 Å². The average molecular weight is 215 g/mol. The second kappa shape index (κ2) is 8.57. The fraction of sp³-hybridized carbons (Fsp3) is 0.917. The fourth-order valence-electron chi connectivity index (χ4n) is 1.35. The van der Waals surface area contributed by atoms with Crippen molar-refractivity contribution in [2.75, 3.05) is 6.61 Å². The van der Waals surface area contributed by atoms with Crippen LogP contribution in [0.15, 0.2) is 0 Å². The molecule has 0 aliphatic heterocycles. The van der Waals surface area contributed by atoms with Crippen LogP contribution in [0.25, 0.3) is 0 Å². The number of amides is 1. The number of carbonyl (C=O) groups excluding carboxylic acids is 1. The molecule has 0 spiro atoms. The van der Waals surface area contributed by atoms with Crippen LogP contribution in [0.4, 0.5) is 4.79 Å². The standard InChI is InChI=1S/C10H19NO2.C2H6/c1-3-6-13-10(12)11-8(2)7-9-4-5-9;1-2/h8-9H,3-7H2,1-2H3,(H,11,12);1-2H3. The highest BCUT2D eigenvalue weighted by Gasteiger charge is 2.24. The van der Waals surface area contributed by atoms with Crippen molar-refractivity contribution in [2.45, 2.75) is 59.4 Å². The molecule has 3 heteroatoms. The van der Waals surface area contributed by atoms with E-state index in [1.165, 1.54) is 12.8 Å². The lowest BCUT2D eigenvalue weighted by Crippen LogP contribution is -2.33. The molecular formula is C12H25NO2. The van der Waals surface area contributed by atoms with Crippen LogP contribution in [0.2, 0.25) is 0 Å². The summed E-state index contributed by atoms with van der Waals surface area (Å²) in [7, 11) is 0. The van der Waals surface area contributed by atoms with Gasteiger partial charge in [-0.1, -0.05) is 33.6 Å². The first kappa shape index (κ1) is 14.3. The summed E-state index contributed by atoms with van der Waals surface area (Å²) in [5.74, 6) is 0.849. The summed E-state index contributed by atoms with van der Waals surface area (Å²) in [6.07, 6.45) is 4.37. The van der Waals surface area contributed by atoms with Crippen molar-refractivity contribution in [1.29, 1.82) is 0 Å². The molecule has 1 atom stereocenters. The van der Waals surface area contributed by atoms with Crippen LogP contribution in [0.1, 0.15) is 53.4 Å². The predicted octanol–water partition coefficient (Wildman–Crippen LogP) is 3.34. The monoisotopic (exact) mass is 215 g/mol. The zero-order chi connectivity index (χ0) is 11.7. The van der Waals surface area contributed by atoms with E-state index in [4.69, 9.17) is 4.74 Å². The second-order valence-electron chi connectivity index (χ2n) is 3.86. The molecule has 0 aromatic rings. The Morgan fingerprint density at radius 3 is 2.53 bits per heavy atom. The van der Waals surface area contributed by atoms with E-state index in [1.54, 1.807) is 0 Å². The van der Waals surface area contributed by atoms with E-state index in [2.05, 4.69) is 5.32 Å². The molecular weight excluding hydrogens is 190 g/mol. The molecule has 1 aliphatic carbocycles. The van der Waals surface area contributed by atoms with E-state index in [1.807, 2.05) is 27.7 Å². The maximum absolute atomic E-state index is 11.1. The van der Waals surface area contributed by atoms with Gasteiger partial charge in [-0.2, -0.15) is 0 Å². The number of hydrogen-bond acceptors (Lipinski definition) is 2. The van der Waals surface area contributed by atoms with Gasteiger partial charge in [0.1, 0.15) is 0 Å². The van der Waals surface area contributed by atoms with Gasteiger partial charge < -0.3 is 10.1 Å². The Bertz CT molecular complexity index is 167. The minimum Gasteiger partial charge on any atom is -0.450 e. The zero-order valence-corrected chi connectivity index (χ0v) is 10.5. The van der Waals surface area contributed by atoms with Crippen molar-refractivity contribution < 1.29 is 9.53 Å². The molecule has 0 aromatic carbocycles. The summed E-state index contributed by atoms with van der Waals surface area (Å²) in [6.45, 7) is 8.54. The van der Waals surface area contributed by atoms with Crippen LogP contribution < -0.4 is 5.32 Å². The highest BCUT2D eigenvalue weighted by Crippen LogP contribution is 2.33. The van der Waals surface area contributed by atoms with Crippen molar-refractivity contribution in [3.05, 3.63) is 0 Å². The normalized spacial score (nSPS) is 16.0. The number of nitrogens with one attached hydrogen (secondary N) is 1. The third-order valence-corrected chi connectivity index (χ3v) is 2.19. The molecule has 1 N–H and O–H groups in total. The van der Waals surface area contributed by atoms with Gasteiger partial charge in [0.15, 0.2) is 0 Å². The molecule has 1 unspecified atom stereocenters. The van der Waals surface area contributed by atoms with Gasteiger partial charge in [0.05, 0.1) is 6.61 Å². The van der Waals surface area contributed by atoms with Crippen LogP contribution in [0, 0.1) is 5.92 Å². The summed E-state index contributed by atoms with van der Waals surface area (Å²) >= 11 is 0. The Balaban J connectivity index is 0.000000921. The molecule has 0 bridgehead atoms. The Labute approximate surface area is 93.6 Å². The lowest BCUT2D eigenvalue weighted by Gasteiger charge is -2.12. The largest absolute Gasteiger partial charge is 0.450 e. The number of alkyl carbamates (subject to hydrolysis) is 1. The van der Waals surface area contributed by atoms with Crippen LogP contribution in [0.5, 0.6) is 0 Å². The lowest BCUT2D eigenvalue weighted by molar-refractivity contribution is 0.142. The first-order valence-electron chi connectivity index (χ1n) is 6.15. The van der Waals surface area contributed by atoms with E-state index in [0.717, 1.165) is 18.8 Å². The van der Waals surface area contributed by atoms with Gasteiger partial charge >= 0.3 is 6.09 Å². The Morgan fingerprint density at radius 2 is 2.07 bits per heavy atom. The minimum absolute atomic E-state index is 0.261. The molecule has 0 saturated heterocycles. The van der Waals surface area contributed by atoms with E-state index >= 15 is 0 Å². The van der Waals surface area contributed by atoms with Crippen molar-refractivity contribution >= 4 is 6.09 Å². The Hall–Kier alpha value is -0.730. The summed E-state index contributed by atoms with van der Waals surface area (Å²) in [5.41, 5.74) is 0. The van der Waals surface area contributed by atoms with Crippen LogP contribution in [-0.4, -0.2) is 18.7 Å². The predicted molar refractivity (Wildman–Crippen MR) is 62.9 cm³/mol. The van der Waals surface area contributed by atoms with Crippen molar-refractivity contribution in [2.24, 2.45) is 5.92 Å². The maximum Gasteiger partial charge on any atom is 0.407 e. The minimum atomic E-state index is -0.269. The first-order chi connectivity index (χ1) is 7.22. The fourth-order valence-corrected chi connectivity index (χ4v) is 1.35. The average Bonchev–Trinajstić information content (AvgIpc) is 3.01. The molecule has 1 amide bonds. The Kier molecular flexibility index (Phi) is 8.15. The van der Waals surface area contributed by atoms with E-state index in [0.29, 0.717) is 6.61 Å². The van der Waals surface area contributed by atoms with Crippen LogP contribution in [0.3, 0.4) is 0 Å². The van der Waals surface area contributed by atoms with E-state index < -0.39 is 0 Å². The molecule has 1 saturated carbocycles. The van der Waals surface area contributed by atoms with Gasteiger partial charge in [0, 0.05) is 6.04 Å². The smallest absolute Gasteiger partial charge is 0.407 e. The molecule has 0 heterocycles. The molecule has 0 aromatic heterocycles. The third-order valence-electron chi connectivity index (χ3n) is 2.19. The molecule has 1 fully saturated rings. The van der Waals surface area contributed by atoms with E-state index in [9.17, 15) is 4.79 Å². The zero-order valence-electron chi connectivity index (χ0n) is 10.5. The maximum atomic E-state index is 11.1. The van der Waals surface area contributed by atoms with Crippen LogP contribution in [-0.2, 0) is 4.74 Å².